The highest BCUT2D eigenvalue weighted by atomic mass is 16.5. The lowest BCUT2D eigenvalue weighted by Crippen LogP contribution is -2.32. The van der Waals surface area contributed by atoms with Crippen molar-refractivity contribution in [3.8, 4) is 5.75 Å². The second-order valence-corrected chi connectivity index (χ2v) is 7.15. The number of fused-ring (bicyclic) bond motifs is 1. The summed E-state index contributed by atoms with van der Waals surface area (Å²) in [4.78, 5) is 21.8. The number of ether oxygens (including phenoxy) is 1. The monoisotopic (exact) mass is 366 g/mol. The Hall–Kier alpha value is -2.89. The average molecular weight is 366 g/mol. The Kier molecular flexibility index (Phi) is 5.74. The zero-order valence-corrected chi connectivity index (χ0v) is 16.3. The van der Waals surface area contributed by atoms with Crippen LogP contribution in [0.3, 0.4) is 0 Å². The van der Waals surface area contributed by atoms with Crippen molar-refractivity contribution >= 4 is 17.1 Å². The number of nitrogens with one attached hydrogen (secondary N) is 1. The summed E-state index contributed by atoms with van der Waals surface area (Å²) in [7, 11) is 3.57. The van der Waals surface area contributed by atoms with Crippen molar-refractivity contribution in [1.29, 1.82) is 0 Å². The summed E-state index contributed by atoms with van der Waals surface area (Å²) in [6.07, 6.45) is 2.89. The number of hydrogen-bond donors (Lipinski definition) is 1. The molecule has 6 heteroatoms. The molecule has 3 aromatic rings. The van der Waals surface area contributed by atoms with Gasteiger partial charge in [0.05, 0.1) is 19.6 Å². The molecule has 2 heterocycles. The number of imidazole rings is 1. The Morgan fingerprint density at radius 2 is 1.96 bits per heavy atom. The molecule has 0 aliphatic carbocycles. The van der Waals surface area contributed by atoms with Crippen LogP contribution in [0.1, 0.15) is 37.7 Å². The number of carbonyl (C=O) groups is 1. The molecule has 0 saturated carbocycles. The quantitative estimate of drug-likeness (QED) is 0.696. The number of methoxy groups -OCH3 is 1. The van der Waals surface area contributed by atoms with Crippen LogP contribution in [-0.2, 0) is 18.3 Å². The molecular formula is C21H26N4O2. The third kappa shape index (κ3) is 4.45. The number of carbonyl (C=O) groups excluding carboxylic acids is 1. The van der Waals surface area contributed by atoms with Gasteiger partial charge in [0, 0.05) is 13.2 Å². The van der Waals surface area contributed by atoms with E-state index >= 15 is 0 Å². The number of benzene rings is 1. The lowest BCUT2D eigenvalue weighted by atomic mass is 10.0. The number of amides is 1. The number of hydrogen-bond acceptors (Lipinski definition) is 4. The standard InChI is InChI=1S/C21H26N4O2/c1-14(2)12-18(21-24-17-6-5-11-22-20(17)25(21)3)23-19(26)13-15-7-9-16(27-4)10-8-15/h5-11,14,18H,12-13H2,1-4H3,(H,23,26)/t18-/m1/s1. The molecule has 1 amide bonds. The molecule has 1 N–H and O–H groups in total. The van der Waals surface area contributed by atoms with Crippen molar-refractivity contribution < 1.29 is 9.53 Å². The molecule has 1 atom stereocenters. The van der Waals surface area contributed by atoms with E-state index in [9.17, 15) is 4.79 Å². The SMILES string of the molecule is COc1ccc(CC(=O)N[C@H](CC(C)C)c2nc3cccnc3n2C)cc1. The zero-order chi connectivity index (χ0) is 19.4. The van der Waals surface area contributed by atoms with E-state index in [1.54, 1.807) is 13.3 Å². The highest BCUT2D eigenvalue weighted by molar-refractivity contribution is 5.79. The normalized spacial score (nSPS) is 12.3. The maximum atomic E-state index is 12.7. The fourth-order valence-electron chi connectivity index (χ4n) is 3.23. The summed E-state index contributed by atoms with van der Waals surface area (Å²) < 4.78 is 7.13. The first kappa shape index (κ1) is 18.9. The average Bonchev–Trinajstić information content (AvgIpc) is 2.98. The molecule has 0 radical (unpaired) electrons. The number of rotatable bonds is 7. The summed E-state index contributed by atoms with van der Waals surface area (Å²) in [6, 6.07) is 11.2. The predicted molar refractivity (Wildman–Crippen MR) is 106 cm³/mol. The lowest BCUT2D eigenvalue weighted by molar-refractivity contribution is -0.121. The van der Waals surface area contributed by atoms with Crippen LogP contribution in [-0.4, -0.2) is 27.6 Å². The van der Waals surface area contributed by atoms with Crippen LogP contribution in [0, 0.1) is 5.92 Å². The van der Waals surface area contributed by atoms with Gasteiger partial charge in [-0.1, -0.05) is 26.0 Å². The van der Waals surface area contributed by atoms with E-state index in [2.05, 4.69) is 24.1 Å². The minimum atomic E-state index is -0.157. The second-order valence-electron chi connectivity index (χ2n) is 7.15. The minimum Gasteiger partial charge on any atom is -0.497 e. The Bertz CT molecular complexity index is 916. The van der Waals surface area contributed by atoms with Crippen LogP contribution in [0.15, 0.2) is 42.6 Å². The van der Waals surface area contributed by atoms with Gasteiger partial charge in [0.2, 0.25) is 5.91 Å². The van der Waals surface area contributed by atoms with Crippen molar-refractivity contribution in [1.82, 2.24) is 19.9 Å². The molecule has 1 aromatic carbocycles. The molecule has 0 unspecified atom stereocenters. The van der Waals surface area contributed by atoms with Gasteiger partial charge in [0.1, 0.15) is 17.1 Å². The molecule has 0 aliphatic rings. The molecule has 3 rings (SSSR count). The van der Waals surface area contributed by atoms with Crippen molar-refractivity contribution in [3.05, 3.63) is 54.0 Å². The van der Waals surface area contributed by atoms with Crippen LogP contribution in [0.2, 0.25) is 0 Å². The zero-order valence-electron chi connectivity index (χ0n) is 16.3. The van der Waals surface area contributed by atoms with E-state index in [1.165, 1.54) is 0 Å². The van der Waals surface area contributed by atoms with Crippen LogP contribution in [0.25, 0.3) is 11.2 Å². The number of aryl methyl sites for hydroxylation is 1. The molecule has 0 aliphatic heterocycles. The molecule has 142 valence electrons. The molecule has 0 fully saturated rings. The van der Waals surface area contributed by atoms with Crippen molar-refractivity contribution in [2.24, 2.45) is 13.0 Å². The summed E-state index contributed by atoms with van der Waals surface area (Å²) in [6.45, 7) is 4.28. The predicted octanol–water partition coefficient (Wildman–Crippen LogP) is 3.42. The van der Waals surface area contributed by atoms with Crippen molar-refractivity contribution in [2.75, 3.05) is 7.11 Å². The van der Waals surface area contributed by atoms with Gasteiger partial charge < -0.3 is 14.6 Å². The Balaban J connectivity index is 1.79. The minimum absolute atomic E-state index is 0.0224. The van der Waals surface area contributed by atoms with Gasteiger partial charge >= 0.3 is 0 Å². The van der Waals surface area contributed by atoms with E-state index in [1.807, 2.05) is 48.0 Å². The fourth-order valence-corrected chi connectivity index (χ4v) is 3.23. The van der Waals surface area contributed by atoms with Gasteiger partial charge in [0.15, 0.2) is 5.65 Å². The molecule has 0 saturated heterocycles. The van der Waals surface area contributed by atoms with E-state index < -0.39 is 0 Å². The highest BCUT2D eigenvalue weighted by Gasteiger charge is 2.22. The molecule has 27 heavy (non-hydrogen) atoms. The lowest BCUT2D eigenvalue weighted by Gasteiger charge is -2.20. The third-order valence-electron chi connectivity index (χ3n) is 4.54. The van der Waals surface area contributed by atoms with Crippen LogP contribution in [0.5, 0.6) is 5.75 Å². The van der Waals surface area contributed by atoms with Gasteiger partial charge in [-0.25, -0.2) is 9.97 Å². The third-order valence-corrected chi connectivity index (χ3v) is 4.54. The van der Waals surface area contributed by atoms with Gasteiger partial charge in [0.25, 0.3) is 0 Å². The Morgan fingerprint density at radius 3 is 2.59 bits per heavy atom. The Morgan fingerprint density at radius 1 is 1.22 bits per heavy atom. The molecule has 6 nitrogen and oxygen atoms in total. The van der Waals surface area contributed by atoms with E-state index in [4.69, 9.17) is 9.72 Å². The first-order chi connectivity index (χ1) is 13.0. The van der Waals surface area contributed by atoms with Crippen molar-refractivity contribution in [2.45, 2.75) is 32.7 Å². The van der Waals surface area contributed by atoms with Crippen molar-refractivity contribution in [3.63, 3.8) is 0 Å². The highest BCUT2D eigenvalue weighted by Crippen LogP contribution is 2.24. The first-order valence-corrected chi connectivity index (χ1v) is 9.17. The molecule has 2 aromatic heterocycles. The van der Waals surface area contributed by atoms with E-state index in [0.29, 0.717) is 12.3 Å². The van der Waals surface area contributed by atoms with Crippen LogP contribution < -0.4 is 10.1 Å². The summed E-state index contributed by atoms with van der Waals surface area (Å²) >= 11 is 0. The van der Waals surface area contributed by atoms with Gasteiger partial charge in [-0.3, -0.25) is 4.79 Å². The summed E-state index contributed by atoms with van der Waals surface area (Å²) in [5.41, 5.74) is 2.61. The van der Waals surface area contributed by atoms with E-state index in [-0.39, 0.29) is 11.9 Å². The number of pyridine rings is 1. The maximum absolute atomic E-state index is 12.7. The second kappa shape index (κ2) is 8.20. The molecule has 0 bridgehead atoms. The fraction of sp³-hybridized carbons (Fsp3) is 0.381. The molecular weight excluding hydrogens is 340 g/mol. The van der Waals surface area contributed by atoms with Gasteiger partial charge in [-0.05, 0) is 42.2 Å². The van der Waals surface area contributed by atoms with Gasteiger partial charge in [-0.2, -0.15) is 0 Å². The Labute approximate surface area is 159 Å². The largest absolute Gasteiger partial charge is 0.497 e. The molecule has 0 spiro atoms. The summed E-state index contributed by atoms with van der Waals surface area (Å²) in [5.74, 6) is 2.01. The number of aromatic nitrogens is 3. The van der Waals surface area contributed by atoms with Crippen LogP contribution in [0.4, 0.5) is 0 Å². The van der Waals surface area contributed by atoms with E-state index in [0.717, 1.165) is 34.7 Å². The smallest absolute Gasteiger partial charge is 0.225 e. The maximum Gasteiger partial charge on any atom is 0.225 e. The van der Waals surface area contributed by atoms with Gasteiger partial charge in [-0.15, -0.1) is 0 Å². The summed E-state index contributed by atoms with van der Waals surface area (Å²) in [5, 5.41) is 3.16. The topological polar surface area (TPSA) is 69.0 Å². The number of nitrogens with zero attached hydrogens (tertiary/aromatic N) is 3. The van der Waals surface area contributed by atoms with Crippen LogP contribution >= 0.6 is 0 Å². The first-order valence-electron chi connectivity index (χ1n) is 9.17.